The Morgan fingerprint density at radius 3 is 2.43 bits per heavy atom. The van der Waals surface area contributed by atoms with Gasteiger partial charge in [0.2, 0.25) is 0 Å². The summed E-state index contributed by atoms with van der Waals surface area (Å²) in [5.74, 6) is 0. The van der Waals surface area contributed by atoms with E-state index in [-0.39, 0.29) is 19.6 Å². The maximum atomic E-state index is 9.49. The maximum Gasteiger partial charge on any atom is 0.109 e. The molecule has 0 aliphatic carbocycles. The van der Waals surface area contributed by atoms with Gasteiger partial charge in [0.1, 0.15) is 12.2 Å². The highest BCUT2D eigenvalue weighted by molar-refractivity contribution is 4.95. The lowest BCUT2D eigenvalue weighted by Crippen LogP contribution is -2.63. The van der Waals surface area contributed by atoms with Crippen molar-refractivity contribution in [2.75, 3.05) is 13.2 Å². The van der Waals surface area contributed by atoms with E-state index in [0.717, 1.165) is 0 Å². The Kier molecular flexibility index (Phi) is 4.24. The zero-order valence-electron chi connectivity index (χ0n) is 7.74. The second-order valence-corrected chi connectivity index (χ2v) is 3.56. The molecule has 1 rings (SSSR count). The van der Waals surface area contributed by atoms with Crippen LogP contribution in [0.15, 0.2) is 0 Å². The molecule has 6 N–H and O–H groups in total. The van der Waals surface area contributed by atoms with Crippen molar-refractivity contribution in [3.8, 4) is 0 Å². The first-order valence-corrected chi connectivity index (χ1v) is 4.64. The van der Waals surface area contributed by atoms with Crippen molar-refractivity contribution in [3.05, 3.63) is 0 Å². The molecular formula is C8H17NO5. The largest absolute Gasteiger partial charge is 0.396 e. The zero-order valence-corrected chi connectivity index (χ0v) is 7.74. The standard InChI is InChI=1S/C8H17NO5/c10-2-1-4(11)6-8(14)7(13)5(12)3-9-6/h4-14H,1-3H2. The third-order valence-corrected chi connectivity index (χ3v) is 2.51. The molecule has 0 aromatic rings. The van der Waals surface area contributed by atoms with Gasteiger partial charge in [-0.1, -0.05) is 0 Å². The molecule has 0 saturated carbocycles. The molecule has 6 heteroatoms. The second kappa shape index (κ2) is 5.01. The maximum absolute atomic E-state index is 9.49. The van der Waals surface area contributed by atoms with E-state index in [1.165, 1.54) is 0 Å². The molecule has 0 aromatic carbocycles. The van der Waals surface area contributed by atoms with E-state index < -0.39 is 30.5 Å². The summed E-state index contributed by atoms with van der Waals surface area (Å²) in [4.78, 5) is 0. The van der Waals surface area contributed by atoms with E-state index >= 15 is 0 Å². The van der Waals surface area contributed by atoms with Gasteiger partial charge >= 0.3 is 0 Å². The molecule has 0 amide bonds. The summed E-state index contributed by atoms with van der Waals surface area (Å²) >= 11 is 0. The predicted octanol–water partition coefficient (Wildman–Crippen LogP) is -3.22. The fourth-order valence-corrected chi connectivity index (χ4v) is 1.61. The minimum atomic E-state index is -1.26. The Bertz CT molecular complexity index is 179. The Balaban J connectivity index is 2.53. The topological polar surface area (TPSA) is 113 Å². The van der Waals surface area contributed by atoms with Crippen molar-refractivity contribution in [1.82, 2.24) is 5.32 Å². The van der Waals surface area contributed by atoms with Crippen LogP contribution in [-0.4, -0.2) is 69.1 Å². The summed E-state index contributed by atoms with van der Waals surface area (Å²) in [6, 6.07) is -0.708. The summed E-state index contributed by atoms with van der Waals surface area (Å²) < 4.78 is 0. The van der Waals surface area contributed by atoms with Gasteiger partial charge in [0.25, 0.3) is 0 Å². The van der Waals surface area contributed by atoms with Crippen LogP contribution in [-0.2, 0) is 0 Å². The molecule has 5 unspecified atom stereocenters. The molecule has 0 radical (unpaired) electrons. The quantitative estimate of drug-likeness (QED) is 0.290. The van der Waals surface area contributed by atoms with E-state index in [1.54, 1.807) is 0 Å². The van der Waals surface area contributed by atoms with Crippen LogP contribution in [0.25, 0.3) is 0 Å². The number of β-amino-alcohol motifs (C(OH)–C–C–N with tert-alkyl or cyclic N) is 1. The molecule has 0 spiro atoms. The number of aliphatic hydroxyl groups is 5. The summed E-state index contributed by atoms with van der Waals surface area (Å²) in [7, 11) is 0. The number of hydrogen-bond acceptors (Lipinski definition) is 6. The minimum Gasteiger partial charge on any atom is -0.396 e. The van der Waals surface area contributed by atoms with Gasteiger partial charge in [-0.3, -0.25) is 0 Å². The SMILES string of the molecule is OCCC(O)C1NCC(O)C(O)C1O. The molecule has 1 fully saturated rings. The predicted molar refractivity (Wildman–Crippen MR) is 47.5 cm³/mol. The molecule has 0 aromatic heterocycles. The number of rotatable bonds is 3. The van der Waals surface area contributed by atoms with Crippen molar-refractivity contribution in [1.29, 1.82) is 0 Å². The van der Waals surface area contributed by atoms with Gasteiger partial charge in [-0.25, -0.2) is 0 Å². The zero-order chi connectivity index (χ0) is 10.7. The van der Waals surface area contributed by atoms with Crippen LogP contribution < -0.4 is 5.32 Å². The van der Waals surface area contributed by atoms with E-state index in [1.807, 2.05) is 0 Å². The van der Waals surface area contributed by atoms with Crippen LogP contribution in [0.3, 0.4) is 0 Å². The number of piperidine rings is 1. The van der Waals surface area contributed by atoms with Crippen molar-refractivity contribution in [2.24, 2.45) is 0 Å². The summed E-state index contributed by atoms with van der Waals surface area (Å²) in [6.07, 6.45) is -4.31. The van der Waals surface area contributed by atoms with Crippen molar-refractivity contribution >= 4 is 0 Å². The summed E-state index contributed by atoms with van der Waals surface area (Å²) in [6.45, 7) is -0.0733. The molecule has 14 heavy (non-hydrogen) atoms. The highest BCUT2D eigenvalue weighted by Crippen LogP contribution is 2.14. The summed E-state index contributed by atoms with van der Waals surface area (Å²) in [5, 5.41) is 48.8. The Morgan fingerprint density at radius 1 is 1.21 bits per heavy atom. The highest BCUT2D eigenvalue weighted by Gasteiger charge is 2.39. The normalized spacial score (nSPS) is 40.9. The minimum absolute atomic E-state index is 0.116. The third kappa shape index (κ3) is 2.41. The number of nitrogens with one attached hydrogen (secondary N) is 1. The number of hydrogen-bond donors (Lipinski definition) is 6. The van der Waals surface area contributed by atoms with Crippen LogP contribution >= 0.6 is 0 Å². The van der Waals surface area contributed by atoms with Gasteiger partial charge in [0.05, 0.1) is 18.2 Å². The van der Waals surface area contributed by atoms with Crippen LogP contribution in [0.2, 0.25) is 0 Å². The van der Waals surface area contributed by atoms with Crippen molar-refractivity contribution < 1.29 is 25.5 Å². The highest BCUT2D eigenvalue weighted by atomic mass is 16.4. The van der Waals surface area contributed by atoms with Crippen LogP contribution in [0, 0.1) is 0 Å². The van der Waals surface area contributed by atoms with Gasteiger partial charge in [-0.05, 0) is 6.42 Å². The molecule has 6 nitrogen and oxygen atoms in total. The molecule has 84 valence electrons. The molecule has 1 saturated heterocycles. The Morgan fingerprint density at radius 2 is 1.86 bits per heavy atom. The fourth-order valence-electron chi connectivity index (χ4n) is 1.61. The van der Waals surface area contributed by atoms with Crippen LogP contribution in [0.1, 0.15) is 6.42 Å². The molecule has 1 aliphatic rings. The third-order valence-electron chi connectivity index (χ3n) is 2.51. The van der Waals surface area contributed by atoms with E-state index in [4.69, 9.17) is 5.11 Å². The van der Waals surface area contributed by atoms with Gasteiger partial charge in [-0.2, -0.15) is 0 Å². The monoisotopic (exact) mass is 207 g/mol. The first-order chi connectivity index (χ1) is 6.57. The van der Waals surface area contributed by atoms with Gasteiger partial charge < -0.3 is 30.8 Å². The average Bonchev–Trinajstić information content (AvgIpc) is 2.15. The molecule has 0 bridgehead atoms. The second-order valence-electron chi connectivity index (χ2n) is 3.56. The Hall–Kier alpha value is -0.240. The molecule has 5 atom stereocenters. The first kappa shape index (κ1) is 11.8. The van der Waals surface area contributed by atoms with E-state index in [0.29, 0.717) is 0 Å². The lowest BCUT2D eigenvalue weighted by atomic mass is 9.91. The van der Waals surface area contributed by atoms with Crippen molar-refractivity contribution in [2.45, 2.75) is 36.9 Å². The average molecular weight is 207 g/mol. The van der Waals surface area contributed by atoms with E-state index in [9.17, 15) is 20.4 Å². The summed E-state index contributed by atoms with van der Waals surface area (Å²) in [5.41, 5.74) is 0. The van der Waals surface area contributed by atoms with Crippen molar-refractivity contribution in [3.63, 3.8) is 0 Å². The lowest BCUT2D eigenvalue weighted by Gasteiger charge is -2.38. The first-order valence-electron chi connectivity index (χ1n) is 4.64. The Labute approximate surface area is 81.8 Å². The molecular weight excluding hydrogens is 190 g/mol. The van der Waals surface area contributed by atoms with Crippen LogP contribution in [0.5, 0.6) is 0 Å². The lowest BCUT2D eigenvalue weighted by molar-refractivity contribution is -0.114. The molecule has 1 aliphatic heterocycles. The fraction of sp³-hybridized carbons (Fsp3) is 1.00. The van der Waals surface area contributed by atoms with Gasteiger partial charge in [0.15, 0.2) is 0 Å². The number of aliphatic hydroxyl groups excluding tert-OH is 5. The van der Waals surface area contributed by atoms with E-state index in [2.05, 4.69) is 5.32 Å². The smallest absolute Gasteiger partial charge is 0.109 e. The van der Waals surface area contributed by atoms with Gasteiger partial charge in [0, 0.05) is 13.2 Å². The van der Waals surface area contributed by atoms with Crippen LogP contribution in [0.4, 0.5) is 0 Å². The van der Waals surface area contributed by atoms with Gasteiger partial charge in [-0.15, -0.1) is 0 Å². The molecule has 1 heterocycles.